The summed E-state index contributed by atoms with van der Waals surface area (Å²) in [6.07, 6.45) is 1.05. The van der Waals surface area contributed by atoms with Gasteiger partial charge in [-0.05, 0) is 35.6 Å². The van der Waals surface area contributed by atoms with Gasteiger partial charge in [-0.3, -0.25) is 4.79 Å². The first-order valence-corrected chi connectivity index (χ1v) is 6.68. The fraction of sp³-hybridized carbons (Fsp3) is 0.533. The Labute approximate surface area is 113 Å². The van der Waals surface area contributed by atoms with Crippen molar-refractivity contribution in [1.29, 1.82) is 0 Å². The van der Waals surface area contributed by atoms with E-state index in [9.17, 15) is 9.18 Å². The molecule has 0 unspecified atom stereocenters. The van der Waals surface area contributed by atoms with Crippen LogP contribution in [-0.2, 0) is 17.8 Å². The van der Waals surface area contributed by atoms with Crippen molar-refractivity contribution in [1.82, 2.24) is 5.32 Å². The molecule has 1 aromatic carbocycles. The average molecular weight is 264 g/mol. The molecule has 1 heterocycles. The summed E-state index contributed by atoms with van der Waals surface area (Å²) in [7, 11) is 0. The van der Waals surface area contributed by atoms with E-state index in [4.69, 9.17) is 0 Å². The number of nitrogens with one attached hydrogen (secondary N) is 2. The lowest BCUT2D eigenvalue weighted by atomic mass is 9.92. The van der Waals surface area contributed by atoms with Crippen LogP contribution < -0.4 is 10.6 Å². The first-order chi connectivity index (χ1) is 8.87. The van der Waals surface area contributed by atoms with Crippen molar-refractivity contribution in [3.63, 3.8) is 0 Å². The number of benzene rings is 1. The number of fused-ring (bicyclic) bond motifs is 1. The number of carbonyl (C=O) groups is 1. The molecular formula is C15H21FN2O. The van der Waals surface area contributed by atoms with Gasteiger partial charge in [0.15, 0.2) is 0 Å². The highest BCUT2D eigenvalue weighted by Crippen LogP contribution is 2.26. The lowest BCUT2D eigenvalue weighted by Gasteiger charge is -2.21. The summed E-state index contributed by atoms with van der Waals surface area (Å²) >= 11 is 0. The maximum absolute atomic E-state index is 14.3. The van der Waals surface area contributed by atoms with E-state index < -0.39 is 0 Å². The normalized spacial score (nSPS) is 14.9. The number of rotatable bonds is 2. The molecule has 3 nitrogen and oxygen atoms in total. The van der Waals surface area contributed by atoms with E-state index >= 15 is 0 Å². The van der Waals surface area contributed by atoms with E-state index in [1.54, 1.807) is 6.07 Å². The minimum absolute atomic E-state index is 0.0985. The first-order valence-electron chi connectivity index (χ1n) is 6.68. The third-order valence-electron chi connectivity index (χ3n) is 3.17. The Morgan fingerprint density at radius 3 is 2.84 bits per heavy atom. The lowest BCUT2D eigenvalue weighted by molar-refractivity contribution is -0.117. The Hall–Kier alpha value is -1.42. The fourth-order valence-corrected chi connectivity index (χ4v) is 2.31. The minimum atomic E-state index is -0.277. The van der Waals surface area contributed by atoms with E-state index in [-0.39, 0.29) is 17.1 Å². The van der Waals surface area contributed by atoms with E-state index in [1.165, 1.54) is 0 Å². The second-order valence-corrected chi connectivity index (χ2v) is 6.28. The van der Waals surface area contributed by atoms with Crippen molar-refractivity contribution < 1.29 is 9.18 Å². The number of hydrogen-bond acceptors (Lipinski definition) is 2. The highest BCUT2D eigenvalue weighted by molar-refractivity contribution is 5.91. The number of carbonyl (C=O) groups excluding carboxylic acids is 1. The molecule has 0 bridgehead atoms. The minimum Gasteiger partial charge on any atom is -0.324 e. The van der Waals surface area contributed by atoms with Crippen molar-refractivity contribution in [2.45, 2.75) is 40.2 Å². The molecule has 4 heteroatoms. The van der Waals surface area contributed by atoms with Crippen LogP contribution in [0.15, 0.2) is 12.1 Å². The van der Waals surface area contributed by atoms with Crippen LogP contribution in [0.1, 0.15) is 38.3 Å². The number of hydrogen-bond donors (Lipinski definition) is 2. The Bertz CT molecular complexity index is 492. The summed E-state index contributed by atoms with van der Waals surface area (Å²) in [4.78, 5) is 11.9. The van der Waals surface area contributed by atoms with Crippen LogP contribution in [-0.4, -0.2) is 12.5 Å². The molecule has 0 fully saturated rings. The molecule has 0 radical (unpaired) electrons. The van der Waals surface area contributed by atoms with Gasteiger partial charge in [0.1, 0.15) is 5.82 Å². The summed E-state index contributed by atoms with van der Waals surface area (Å²) in [5, 5.41) is 5.89. The fourth-order valence-electron chi connectivity index (χ4n) is 2.31. The van der Waals surface area contributed by atoms with Crippen LogP contribution >= 0.6 is 0 Å². The van der Waals surface area contributed by atoms with Crippen LogP contribution in [0.2, 0.25) is 0 Å². The number of halogens is 1. The van der Waals surface area contributed by atoms with Crippen molar-refractivity contribution in [3.05, 3.63) is 29.1 Å². The van der Waals surface area contributed by atoms with Crippen LogP contribution in [0, 0.1) is 11.2 Å². The van der Waals surface area contributed by atoms with Gasteiger partial charge >= 0.3 is 0 Å². The Kier molecular flexibility index (Phi) is 3.90. The Morgan fingerprint density at radius 2 is 2.16 bits per heavy atom. The molecule has 19 heavy (non-hydrogen) atoms. The van der Waals surface area contributed by atoms with Crippen molar-refractivity contribution in [2.75, 3.05) is 11.9 Å². The number of amides is 1. The van der Waals surface area contributed by atoms with Crippen LogP contribution in [0.5, 0.6) is 0 Å². The van der Waals surface area contributed by atoms with Crippen molar-refractivity contribution in [3.8, 4) is 0 Å². The van der Waals surface area contributed by atoms with E-state index in [0.717, 1.165) is 17.7 Å². The monoisotopic (exact) mass is 264 g/mol. The number of anilines is 1. The van der Waals surface area contributed by atoms with Gasteiger partial charge in [-0.1, -0.05) is 26.8 Å². The maximum Gasteiger partial charge on any atom is 0.224 e. The topological polar surface area (TPSA) is 41.1 Å². The van der Waals surface area contributed by atoms with Gasteiger partial charge in [0.05, 0.1) is 5.69 Å². The Balaban J connectivity index is 2.15. The lowest BCUT2D eigenvalue weighted by Crippen LogP contribution is -2.25. The molecule has 0 saturated heterocycles. The summed E-state index contributed by atoms with van der Waals surface area (Å²) in [6, 6.07) is 3.54. The second-order valence-electron chi connectivity index (χ2n) is 6.28. The van der Waals surface area contributed by atoms with Gasteiger partial charge in [0.2, 0.25) is 5.91 Å². The maximum atomic E-state index is 14.3. The van der Waals surface area contributed by atoms with E-state index in [1.807, 2.05) is 26.8 Å². The first kappa shape index (κ1) is 14.0. The summed E-state index contributed by atoms with van der Waals surface area (Å²) in [6.45, 7) is 7.44. The molecular weight excluding hydrogens is 243 g/mol. The zero-order chi connectivity index (χ0) is 14.0. The highest BCUT2D eigenvalue weighted by atomic mass is 19.1. The standard InChI is InChI=1S/C15H21FN2O/c1-15(2,3)8-13(19)18-12-5-4-10-9-17-7-6-11(10)14(12)16/h4-5,17H,6-9H2,1-3H3,(H,18,19). The molecule has 0 aliphatic carbocycles. The molecule has 0 aromatic heterocycles. The molecule has 0 atom stereocenters. The molecule has 0 spiro atoms. The highest BCUT2D eigenvalue weighted by Gasteiger charge is 2.20. The second kappa shape index (κ2) is 5.29. The molecule has 0 saturated carbocycles. The van der Waals surface area contributed by atoms with Crippen LogP contribution in [0.3, 0.4) is 0 Å². The summed E-state index contributed by atoms with van der Waals surface area (Å²) in [5.74, 6) is -0.415. The molecule has 1 aliphatic rings. The van der Waals surface area contributed by atoms with Crippen molar-refractivity contribution >= 4 is 11.6 Å². The predicted octanol–water partition coefficient (Wildman–Crippen LogP) is 2.85. The van der Waals surface area contributed by atoms with Gasteiger partial charge in [-0.2, -0.15) is 0 Å². The third-order valence-corrected chi connectivity index (χ3v) is 3.17. The predicted molar refractivity (Wildman–Crippen MR) is 74.5 cm³/mol. The third kappa shape index (κ3) is 3.53. The van der Waals surface area contributed by atoms with Gasteiger partial charge in [0.25, 0.3) is 0 Å². The van der Waals surface area contributed by atoms with Crippen LogP contribution in [0.4, 0.5) is 10.1 Å². The molecule has 1 aromatic rings. The van der Waals surface area contributed by atoms with E-state index in [2.05, 4.69) is 10.6 Å². The van der Waals surface area contributed by atoms with Crippen molar-refractivity contribution in [2.24, 2.45) is 5.41 Å². The molecule has 2 rings (SSSR count). The summed E-state index contributed by atoms with van der Waals surface area (Å²) < 4.78 is 14.3. The molecule has 1 amide bonds. The largest absolute Gasteiger partial charge is 0.324 e. The zero-order valence-electron chi connectivity index (χ0n) is 11.8. The van der Waals surface area contributed by atoms with Crippen LogP contribution in [0.25, 0.3) is 0 Å². The molecule has 104 valence electrons. The molecule has 2 N–H and O–H groups in total. The quantitative estimate of drug-likeness (QED) is 0.862. The van der Waals surface area contributed by atoms with Gasteiger partial charge in [0, 0.05) is 13.0 Å². The smallest absolute Gasteiger partial charge is 0.224 e. The molecule has 1 aliphatic heterocycles. The average Bonchev–Trinajstić information content (AvgIpc) is 2.31. The Morgan fingerprint density at radius 1 is 1.42 bits per heavy atom. The summed E-state index contributed by atoms with van der Waals surface area (Å²) in [5.41, 5.74) is 1.92. The zero-order valence-corrected chi connectivity index (χ0v) is 11.8. The SMILES string of the molecule is CC(C)(C)CC(=O)Nc1ccc2c(c1F)CCNC2. The van der Waals surface area contributed by atoms with Gasteiger partial charge < -0.3 is 10.6 Å². The van der Waals surface area contributed by atoms with E-state index in [0.29, 0.717) is 25.1 Å². The van der Waals surface area contributed by atoms with Gasteiger partial charge in [-0.25, -0.2) is 4.39 Å². The van der Waals surface area contributed by atoms with Gasteiger partial charge in [-0.15, -0.1) is 0 Å².